The van der Waals surface area contributed by atoms with E-state index in [0.717, 1.165) is 18.5 Å². The maximum absolute atomic E-state index is 11.7. The van der Waals surface area contributed by atoms with E-state index >= 15 is 0 Å². The smallest absolute Gasteiger partial charge is 0.211 e. The van der Waals surface area contributed by atoms with E-state index in [9.17, 15) is 8.42 Å². The Hall–Kier alpha value is -1.60. The van der Waals surface area contributed by atoms with Crippen molar-refractivity contribution in [1.82, 2.24) is 4.31 Å². The van der Waals surface area contributed by atoms with E-state index in [1.807, 2.05) is 25.1 Å². The summed E-state index contributed by atoms with van der Waals surface area (Å²) in [6.45, 7) is 5.05. The summed E-state index contributed by atoms with van der Waals surface area (Å²) in [5, 5.41) is 3.05. The van der Waals surface area contributed by atoms with Crippen molar-refractivity contribution >= 4 is 21.7 Å². The number of nitrogens with one attached hydrogen (secondary N) is 1. The van der Waals surface area contributed by atoms with Gasteiger partial charge < -0.3 is 11.1 Å². The van der Waals surface area contributed by atoms with Crippen LogP contribution in [0.3, 0.4) is 0 Å². The van der Waals surface area contributed by atoms with Gasteiger partial charge in [-0.2, -0.15) is 4.31 Å². The predicted octanol–water partition coefficient (Wildman–Crippen LogP) is 1.45. The third kappa shape index (κ3) is 4.20. The lowest BCUT2D eigenvalue weighted by atomic mass is 10.1. The lowest BCUT2D eigenvalue weighted by Gasteiger charge is -2.20. The summed E-state index contributed by atoms with van der Waals surface area (Å²) in [6, 6.07) is 5.89. The molecule has 0 amide bonds. The minimum atomic E-state index is -3.17. The van der Waals surface area contributed by atoms with E-state index in [4.69, 9.17) is 5.73 Å². The topological polar surface area (TPSA) is 87.8 Å². The molecule has 2 rings (SSSR count). The highest BCUT2D eigenvalue weighted by Gasteiger charge is 2.30. The van der Waals surface area contributed by atoms with Gasteiger partial charge in [-0.1, -0.05) is 6.07 Å². The molecule has 22 heavy (non-hydrogen) atoms. The molecule has 1 atom stereocenters. The molecule has 1 heterocycles. The average molecular weight is 324 g/mol. The summed E-state index contributed by atoms with van der Waals surface area (Å²) in [7, 11) is -3.17. The van der Waals surface area contributed by atoms with E-state index in [0.29, 0.717) is 19.0 Å². The normalized spacial score (nSPS) is 20.3. The van der Waals surface area contributed by atoms with Gasteiger partial charge in [-0.25, -0.2) is 8.42 Å². The lowest BCUT2D eigenvalue weighted by molar-refractivity contribution is 0.397. The van der Waals surface area contributed by atoms with Gasteiger partial charge in [-0.15, -0.1) is 0 Å². The first-order valence-electron chi connectivity index (χ1n) is 7.38. The molecule has 0 aliphatic carbocycles. The van der Waals surface area contributed by atoms with Gasteiger partial charge in [0.2, 0.25) is 10.0 Å². The summed E-state index contributed by atoms with van der Waals surface area (Å²) in [4.78, 5) is 4.29. The first kappa shape index (κ1) is 16.8. The van der Waals surface area contributed by atoms with Crippen molar-refractivity contribution in [3.05, 3.63) is 29.3 Å². The van der Waals surface area contributed by atoms with Crippen molar-refractivity contribution in [2.45, 2.75) is 32.7 Å². The van der Waals surface area contributed by atoms with Crippen LogP contribution in [0.25, 0.3) is 0 Å². The second kappa shape index (κ2) is 6.66. The SMILES string of the molecule is Cc1ccc(NC(N)=NC[C@H]2CCCN2S(C)(=O)=O)cc1C. The summed E-state index contributed by atoms with van der Waals surface area (Å²) in [5.74, 6) is 0.309. The molecule has 0 bridgehead atoms. The number of hydrogen-bond acceptors (Lipinski definition) is 3. The Balaban J connectivity index is 1.99. The number of anilines is 1. The first-order chi connectivity index (χ1) is 10.3. The van der Waals surface area contributed by atoms with E-state index in [1.165, 1.54) is 21.7 Å². The predicted molar refractivity (Wildman–Crippen MR) is 90.6 cm³/mol. The summed E-state index contributed by atoms with van der Waals surface area (Å²) in [5.41, 5.74) is 9.18. The number of nitrogens with two attached hydrogens (primary N) is 1. The van der Waals surface area contributed by atoms with Crippen LogP contribution >= 0.6 is 0 Å². The van der Waals surface area contributed by atoms with E-state index < -0.39 is 10.0 Å². The van der Waals surface area contributed by atoms with Crippen LogP contribution in [0.1, 0.15) is 24.0 Å². The Morgan fingerprint density at radius 1 is 1.41 bits per heavy atom. The standard InChI is InChI=1S/C15H24N4O2S/c1-11-6-7-13(9-12(11)2)18-15(16)17-10-14-5-4-8-19(14)22(3,20)21/h6-7,9,14H,4-5,8,10H2,1-3H3,(H3,16,17,18)/t14-/m1/s1. The molecule has 3 N–H and O–H groups in total. The average Bonchev–Trinajstić information content (AvgIpc) is 2.89. The Bertz CT molecular complexity index is 670. The summed E-state index contributed by atoms with van der Waals surface area (Å²) in [6.07, 6.45) is 2.94. The van der Waals surface area contributed by atoms with Gasteiger partial charge in [-0.05, 0) is 49.9 Å². The zero-order valence-corrected chi connectivity index (χ0v) is 14.2. The second-order valence-electron chi connectivity index (χ2n) is 5.82. The molecule has 0 spiro atoms. The van der Waals surface area contributed by atoms with Crippen LogP contribution in [0, 0.1) is 13.8 Å². The molecule has 1 aliphatic heterocycles. The van der Waals surface area contributed by atoms with E-state index in [-0.39, 0.29) is 6.04 Å². The zero-order chi connectivity index (χ0) is 16.3. The Morgan fingerprint density at radius 3 is 2.77 bits per heavy atom. The second-order valence-corrected chi connectivity index (χ2v) is 7.75. The van der Waals surface area contributed by atoms with Crippen LogP contribution < -0.4 is 11.1 Å². The van der Waals surface area contributed by atoms with Crippen LogP contribution in [0.2, 0.25) is 0 Å². The Labute approximate surface area is 132 Å². The number of aliphatic imine (C=N–C) groups is 1. The molecular weight excluding hydrogens is 300 g/mol. The molecular formula is C15H24N4O2S. The largest absolute Gasteiger partial charge is 0.370 e. The quantitative estimate of drug-likeness (QED) is 0.648. The molecule has 6 nitrogen and oxygen atoms in total. The molecule has 0 unspecified atom stereocenters. The minimum absolute atomic E-state index is 0.0879. The molecule has 0 radical (unpaired) electrons. The van der Waals surface area contributed by atoms with Gasteiger partial charge in [0.15, 0.2) is 5.96 Å². The van der Waals surface area contributed by atoms with Gasteiger partial charge in [0, 0.05) is 18.3 Å². The van der Waals surface area contributed by atoms with Crippen molar-refractivity contribution in [2.24, 2.45) is 10.7 Å². The summed E-state index contributed by atoms with van der Waals surface area (Å²) < 4.78 is 24.9. The number of guanidine groups is 1. The van der Waals surface area contributed by atoms with Crippen LogP contribution in [0.5, 0.6) is 0 Å². The molecule has 1 aromatic rings. The fraction of sp³-hybridized carbons (Fsp3) is 0.533. The zero-order valence-electron chi connectivity index (χ0n) is 13.3. The third-order valence-corrected chi connectivity index (χ3v) is 5.33. The van der Waals surface area contributed by atoms with Crippen molar-refractivity contribution in [3.63, 3.8) is 0 Å². The highest BCUT2D eigenvalue weighted by molar-refractivity contribution is 7.88. The molecule has 1 aliphatic rings. The Kier molecular flexibility index (Phi) is 5.08. The van der Waals surface area contributed by atoms with Crippen molar-refractivity contribution in [3.8, 4) is 0 Å². The Morgan fingerprint density at radius 2 is 2.14 bits per heavy atom. The molecule has 0 saturated carbocycles. The van der Waals surface area contributed by atoms with E-state index in [1.54, 1.807) is 0 Å². The van der Waals surface area contributed by atoms with Gasteiger partial charge in [0.05, 0.1) is 12.8 Å². The lowest BCUT2D eigenvalue weighted by Crippen LogP contribution is -2.37. The monoisotopic (exact) mass is 324 g/mol. The van der Waals surface area contributed by atoms with Crippen molar-refractivity contribution in [1.29, 1.82) is 0 Å². The first-order valence-corrected chi connectivity index (χ1v) is 9.23. The van der Waals surface area contributed by atoms with Crippen molar-refractivity contribution in [2.75, 3.05) is 24.7 Å². The fourth-order valence-electron chi connectivity index (χ4n) is 2.64. The van der Waals surface area contributed by atoms with E-state index in [2.05, 4.69) is 17.2 Å². The molecule has 0 aromatic heterocycles. The van der Waals surface area contributed by atoms with Gasteiger partial charge in [0.25, 0.3) is 0 Å². The number of rotatable bonds is 4. The highest BCUT2D eigenvalue weighted by atomic mass is 32.2. The third-order valence-electron chi connectivity index (χ3n) is 4.00. The van der Waals surface area contributed by atoms with Gasteiger partial charge in [0.1, 0.15) is 0 Å². The number of aryl methyl sites for hydroxylation is 2. The van der Waals surface area contributed by atoms with Crippen LogP contribution in [0.15, 0.2) is 23.2 Å². The molecule has 1 saturated heterocycles. The van der Waals surface area contributed by atoms with Gasteiger partial charge >= 0.3 is 0 Å². The van der Waals surface area contributed by atoms with Crippen LogP contribution in [0.4, 0.5) is 5.69 Å². The summed E-state index contributed by atoms with van der Waals surface area (Å²) >= 11 is 0. The maximum atomic E-state index is 11.7. The van der Waals surface area contributed by atoms with Gasteiger partial charge in [-0.3, -0.25) is 4.99 Å². The molecule has 1 aromatic carbocycles. The molecule has 1 fully saturated rings. The molecule has 122 valence electrons. The number of benzene rings is 1. The maximum Gasteiger partial charge on any atom is 0.211 e. The minimum Gasteiger partial charge on any atom is -0.370 e. The number of sulfonamides is 1. The molecule has 7 heteroatoms. The van der Waals surface area contributed by atoms with Crippen LogP contribution in [-0.2, 0) is 10.0 Å². The number of nitrogens with zero attached hydrogens (tertiary/aromatic N) is 2. The highest BCUT2D eigenvalue weighted by Crippen LogP contribution is 2.20. The number of hydrogen-bond donors (Lipinski definition) is 2. The van der Waals surface area contributed by atoms with Crippen LogP contribution in [-0.4, -0.2) is 44.1 Å². The van der Waals surface area contributed by atoms with Crippen molar-refractivity contribution < 1.29 is 8.42 Å². The fourth-order valence-corrected chi connectivity index (χ4v) is 3.81.